The van der Waals surface area contributed by atoms with Gasteiger partial charge in [-0.1, -0.05) is 0 Å². The SMILES string of the molecule is CCOC(=O)CC1(C[N+](=O)[O-])CCC(c2ccc(F)s2)(N(C)C)CC1. The topological polar surface area (TPSA) is 72.7 Å². The quantitative estimate of drug-likeness (QED) is 0.416. The molecule has 0 atom stereocenters. The molecule has 0 saturated heterocycles. The third-order valence-electron chi connectivity index (χ3n) is 5.31. The fourth-order valence-electron chi connectivity index (χ4n) is 3.86. The molecule has 0 amide bonds. The summed E-state index contributed by atoms with van der Waals surface area (Å²) in [6.07, 6.45) is 2.42. The Bertz CT molecular complexity index is 624. The van der Waals surface area contributed by atoms with Crippen LogP contribution < -0.4 is 0 Å². The fraction of sp³-hybridized carbons (Fsp3) is 0.706. The molecule has 2 rings (SSSR count). The summed E-state index contributed by atoms with van der Waals surface area (Å²) in [5, 5.41) is 10.9. The van der Waals surface area contributed by atoms with Gasteiger partial charge in [-0.15, -0.1) is 11.3 Å². The zero-order chi connectivity index (χ0) is 18.7. The number of nitro groups is 1. The van der Waals surface area contributed by atoms with Gasteiger partial charge in [0.1, 0.15) is 0 Å². The van der Waals surface area contributed by atoms with E-state index in [-0.39, 0.29) is 41.1 Å². The number of ether oxygens (including phenoxy) is 1. The third kappa shape index (κ3) is 4.36. The molecule has 140 valence electrons. The average Bonchev–Trinajstić information content (AvgIpc) is 2.94. The number of esters is 1. The maximum absolute atomic E-state index is 13.5. The van der Waals surface area contributed by atoms with Gasteiger partial charge in [-0.25, -0.2) is 0 Å². The highest BCUT2D eigenvalue weighted by atomic mass is 32.1. The minimum Gasteiger partial charge on any atom is -0.466 e. The summed E-state index contributed by atoms with van der Waals surface area (Å²) in [6.45, 7) is 1.75. The largest absolute Gasteiger partial charge is 0.466 e. The smallest absolute Gasteiger partial charge is 0.306 e. The Labute approximate surface area is 151 Å². The van der Waals surface area contributed by atoms with Crippen molar-refractivity contribution >= 4 is 17.3 Å². The first-order valence-electron chi connectivity index (χ1n) is 8.44. The molecule has 0 aromatic carbocycles. The van der Waals surface area contributed by atoms with E-state index in [0.29, 0.717) is 25.7 Å². The van der Waals surface area contributed by atoms with Gasteiger partial charge in [-0.2, -0.15) is 4.39 Å². The molecule has 1 aromatic heterocycles. The molecule has 8 heteroatoms. The van der Waals surface area contributed by atoms with Crippen LogP contribution in [0.5, 0.6) is 0 Å². The first-order chi connectivity index (χ1) is 11.7. The summed E-state index contributed by atoms with van der Waals surface area (Å²) in [7, 11) is 3.90. The first-order valence-corrected chi connectivity index (χ1v) is 9.25. The molecule has 25 heavy (non-hydrogen) atoms. The van der Waals surface area contributed by atoms with Crippen LogP contribution in [0.15, 0.2) is 12.1 Å². The maximum Gasteiger partial charge on any atom is 0.306 e. The van der Waals surface area contributed by atoms with Crippen LogP contribution in [-0.2, 0) is 15.1 Å². The monoisotopic (exact) mass is 372 g/mol. The highest BCUT2D eigenvalue weighted by Crippen LogP contribution is 2.51. The van der Waals surface area contributed by atoms with Gasteiger partial charge in [-0.3, -0.25) is 19.8 Å². The van der Waals surface area contributed by atoms with Crippen LogP contribution in [-0.4, -0.2) is 43.0 Å². The van der Waals surface area contributed by atoms with Crippen molar-refractivity contribution in [3.63, 3.8) is 0 Å². The van der Waals surface area contributed by atoms with E-state index in [2.05, 4.69) is 4.90 Å². The molecule has 1 heterocycles. The highest BCUT2D eigenvalue weighted by molar-refractivity contribution is 7.10. The molecule has 1 saturated carbocycles. The van der Waals surface area contributed by atoms with E-state index in [4.69, 9.17) is 4.74 Å². The summed E-state index contributed by atoms with van der Waals surface area (Å²) in [5.41, 5.74) is -1.03. The minimum atomic E-state index is -0.689. The Morgan fingerprint density at radius 3 is 2.44 bits per heavy atom. The minimum absolute atomic E-state index is 0.0597. The van der Waals surface area contributed by atoms with E-state index in [9.17, 15) is 19.3 Å². The predicted molar refractivity (Wildman–Crippen MR) is 93.7 cm³/mol. The van der Waals surface area contributed by atoms with Gasteiger partial charge in [0.15, 0.2) is 5.13 Å². The number of carbonyl (C=O) groups is 1. The Kier molecular flexibility index (Phi) is 6.16. The first kappa shape index (κ1) is 19.8. The van der Waals surface area contributed by atoms with Crippen LogP contribution in [0, 0.1) is 20.7 Å². The Morgan fingerprint density at radius 2 is 2.00 bits per heavy atom. The van der Waals surface area contributed by atoms with E-state index in [1.165, 1.54) is 6.07 Å². The van der Waals surface area contributed by atoms with Gasteiger partial charge in [0.25, 0.3) is 0 Å². The molecule has 6 nitrogen and oxygen atoms in total. The Balaban J connectivity index is 2.23. The summed E-state index contributed by atoms with van der Waals surface area (Å²) < 4.78 is 18.6. The Hall–Kier alpha value is -1.54. The van der Waals surface area contributed by atoms with Crippen LogP contribution in [0.2, 0.25) is 0 Å². The van der Waals surface area contributed by atoms with E-state index < -0.39 is 5.41 Å². The second kappa shape index (κ2) is 7.78. The zero-order valence-corrected chi connectivity index (χ0v) is 15.7. The highest BCUT2D eigenvalue weighted by Gasteiger charge is 2.49. The van der Waals surface area contributed by atoms with E-state index in [1.54, 1.807) is 13.0 Å². The molecular weight excluding hydrogens is 347 g/mol. The fourth-order valence-corrected chi connectivity index (χ4v) is 4.91. The molecule has 1 aliphatic rings. The van der Waals surface area contributed by atoms with Gasteiger partial charge >= 0.3 is 5.97 Å². The van der Waals surface area contributed by atoms with Crippen molar-refractivity contribution in [2.75, 3.05) is 27.2 Å². The lowest BCUT2D eigenvalue weighted by molar-refractivity contribution is -0.499. The van der Waals surface area contributed by atoms with E-state index >= 15 is 0 Å². The van der Waals surface area contributed by atoms with Crippen molar-refractivity contribution in [2.45, 2.75) is 44.6 Å². The van der Waals surface area contributed by atoms with E-state index in [0.717, 1.165) is 16.2 Å². The number of carbonyl (C=O) groups excluding carboxylic acids is 1. The van der Waals surface area contributed by atoms with Crippen LogP contribution >= 0.6 is 11.3 Å². The van der Waals surface area contributed by atoms with Crippen molar-refractivity contribution < 1.29 is 18.8 Å². The van der Waals surface area contributed by atoms with Crippen LogP contribution in [0.3, 0.4) is 0 Å². The molecule has 0 radical (unpaired) electrons. The second-order valence-corrected chi connectivity index (χ2v) is 8.04. The third-order valence-corrected chi connectivity index (χ3v) is 6.38. The standard InChI is InChI=1S/C17H25FN2O4S/c1-4-24-15(21)11-16(12-20(22)23)7-9-17(10-8-16,19(2)3)13-5-6-14(18)25-13/h5-6H,4,7-12H2,1-3H3. The van der Waals surface area contributed by atoms with Crippen molar-refractivity contribution in [2.24, 2.45) is 5.41 Å². The molecule has 0 unspecified atom stereocenters. The van der Waals surface area contributed by atoms with Crippen molar-refractivity contribution in [1.29, 1.82) is 0 Å². The van der Waals surface area contributed by atoms with Gasteiger partial charge < -0.3 is 4.74 Å². The van der Waals surface area contributed by atoms with Gasteiger partial charge in [0.05, 0.1) is 18.6 Å². The number of hydrogen-bond donors (Lipinski definition) is 0. The molecule has 1 aliphatic carbocycles. The van der Waals surface area contributed by atoms with Crippen LogP contribution in [0.1, 0.15) is 43.9 Å². The lowest BCUT2D eigenvalue weighted by Crippen LogP contribution is -2.48. The van der Waals surface area contributed by atoms with Crippen LogP contribution in [0.4, 0.5) is 4.39 Å². The average molecular weight is 372 g/mol. The van der Waals surface area contributed by atoms with Crippen molar-refractivity contribution in [3.05, 3.63) is 32.3 Å². The second-order valence-electron chi connectivity index (χ2n) is 7.00. The normalized spacial score (nSPS) is 26.6. The number of rotatable bonds is 7. The lowest BCUT2D eigenvalue weighted by Gasteiger charge is -2.47. The number of nitrogens with zero attached hydrogens (tertiary/aromatic N) is 2. The van der Waals surface area contributed by atoms with Crippen molar-refractivity contribution in [1.82, 2.24) is 4.90 Å². The molecule has 0 aliphatic heterocycles. The molecule has 0 N–H and O–H groups in total. The van der Waals surface area contributed by atoms with Gasteiger partial charge in [-0.05, 0) is 58.8 Å². The van der Waals surface area contributed by atoms with Crippen molar-refractivity contribution in [3.8, 4) is 0 Å². The zero-order valence-electron chi connectivity index (χ0n) is 14.9. The predicted octanol–water partition coefficient (Wildman–Crippen LogP) is 3.43. The van der Waals surface area contributed by atoms with Crippen LogP contribution in [0.25, 0.3) is 0 Å². The summed E-state index contributed by atoms with van der Waals surface area (Å²) in [6, 6.07) is 3.26. The maximum atomic E-state index is 13.5. The number of hydrogen-bond acceptors (Lipinski definition) is 6. The summed E-state index contributed by atoms with van der Waals surface area (Å²) in [5.74, 6) is -0.385. The summed E-state index contributed by atoms with van der Waals surface area (Å²) >= 11 is 1.12. The molecule has 1 fully saturated rings. The summed E-state index contributed by atoms with van der Waals surface area (Å²) in [4.78, 5) is 25.8. The van der Waals surface area contributed by atoms with Gasteiger partial charge in [0, 0.05) is 15.2 Å². The molecule has 1 aromatic rings. The van der Waals surface area contributed by atoms with Gasteiger partial charge in [0.2, 0.25) is 6.54 Å². The number of halogens is 1. The number of thiophene rings is 1. The van der Waals surface area contributed by atoms with E-state index in [1.807, 2.05) is 14.1 Å². The Morgan fingerprint density at radius 1 is 1.36 bits per heavy atom. The molecular formula is C17H25FN2O4S. The molecule has 0 spiro atoms. The molecule has 0 bridgehead atoms. The lowest BCUT2D eigenvalue weighted by atomic mass is 9.65.